The molecule has 1 aliphatic rings. The predicted octanol–water partition coefficient (Wildman–Crippen LogP) is 9.25. The molecule has 4 aromatic carbocycles. The normalized spacial score (nSPS) is 15.5. The summed E-state index contributed by atoms with van der Waals surface area (Å²) in [6.45, 7) is 0. The highest BCUT2D eigenvalue weighted by Crippen LogP contribution is 2.43. The Labute approximate surface area is 229 Å². The Morgan fingerprint density at radius 2 is 1.51 bits per heavy atom. The summed E-state index contributed by atoms with van der Waals surface area (Å²) in [7, 11) is 0. The monoisotopic (exact) mass is 523 g/mol. The van der Waals surface area contributed by atoms with Gasteiger partial charge in [0.15, 0.2) is 0 Å². The highest BCUT2D eigenvalue weighted by atomic mass is 35.5. The number of furan rings is 1. The molecule has 0 radical (unpaired) electrons. The Morgan fingerprint density at radius 3 is 2.41 bits per heavy atom. The molecule has 5 heteroatoms. The number of hydrogen-bond acceptors (Lipinski definition) is 3. The largest absolute Gasteiger partial charge is 0.438 e. The van der Waals surface area contributed by atoms with Crippen molar-refractivity contribution in [3.8, 4) is 5.69 Å². The van der Waals surface area contributed by atoms with Crippen molar-refractivity contribution in [3.05, 3.63) is 132 Å². The van der Waals surface area contributed by atoms with Gasteiger partial charge in [-0.15, -0.1) is 0 Å². The van der Waals surface area contributed by atoms with Crippen molar-refractivity contribution in [1.82, 2.24) is 14.5 Å². The van der Waals surface area contributed by atoms with Gasteiger partial charge in [0.05, 0.1) is 22.1 Å². The number of halogens is 1. The van der Waals surface area contributed by atoms with Crippen LogP contribution in [0.15, 0.2) is 120 Å². The number of benzene rings is 4. The van der Waals surface area contributed by atoms with Crippen LogP contribution < -0.4 is 0 Å². The van der Waals surface area contributed by atoms with Crippen LogP contribution in [0.4, 0.5) is 0 Å². The van der Waals surface area contributed by atoms with Crippen LogP contribution in [0.2, 0.25) is 5.28 Å². The Balaban J connectivity index is 1.30. The van der Waals surface area contributed by atoms with Crippen molar-refractivity contribution in [2.45, 2.75) is 12.3 Å². The zero-order chi connectivity index (χ0) is 25.9. The van der Waals surface area contributed by atoms with Crippen LogP contribution in [0.3, 0.4) is 0 Å². The molecule has 4 nitrogen and oxygen atoms in total. The zero-order valence-electron chi connectivity index (χ0n) is 20.9. The topological polar surface area (TPSA) is 43.9 Å². The van der Waals surface area contributed by atoms with Crippen LogP contribution in [0.25, 0.3) is 55.1 Å². The second-order valence-corrected chi connectivity index (χ2v) is 10.3. The Morgan fingerprint density at radius 1 is 0.744 bits per heavy atom. The minimum Gasteiger partial charge on any atom is -0.438 e. The first-order valence-electron chi connectivity index (χ1n) is 13.1. The maximum Gasteiger partial charge on any atom is 0.232 e. The van der Waals surface area contributed by atoms with E-state index in [9.17, 15) is 0 Å². The van der Waals surface area contributed by atoms with Gasteiger partial charge in [-0.25, -0.2) is 4.98 Å². The van der Waals surface area contributed by atoms with Gasteiger partial charge < -0.3 is 8.98 Å². The minimum absolute atomic E-state index is 0.172. The summed E-state index contributed by atoms with van der Waals surface area (Å²) in [5.74, 6) is 0.172. The summed E-state index contributed by atoms with van der Waals surface area (Å²) in [6, 6.07) is 33.9. The summed E-state index contributed by atoms with van der Waals surface area (Å²) >= 11 is 6.40. The van der Waals surface area contributed by atoms with Crippen molar-refractivity contribution in [2.24, 2.45) is 0 Å². The first kappa shape index (κ1) is 22.3. The Hall–Kier alpha value is -4.67. The summed E-state index contributed by atoms with van der Waals surface area (Å²) in [5, 5.41) is 4.64. The quantitative estimate of drug-likeness (QED) is 0.217. The lowest BCUT2D eigenvalue weighted by Crippen LogP contribution is -2.04. The molecule has 0 aliphatic heterocycles. The molecular formula is C34H22ClN3O. The van der Waals surface area contributed by atoms with E-state index in [2.05, 4.69) is 107 Å². The molecule has 0 bridgehead atoms. The third kappa shape index (κ3) is 3.45. The lowest BCUT2D eigenvalue weighted by Gasteiger charge is -2.20. The first-order valence-corrected chi connectivity index (χ1v) is 13.4. The second kappa shape index (κ2) is 8.69. The Bertz CT molecular complexity index is 2120. The number of fused-ring (bicyclic) bond motifs is 6. The van der Waals surface area contributed by atoms with Crippen LogP contribution in [0.1, 0.15) is 23.6 Å². The lowest BCUT2D eigenvalue weighted by atomic mass is 9.84. The van der Waals surface area contributed by atoms with Crippen LogP contribution in [-0.4, -0.2) is 14.5 Å². The summed E-state index contributed by atoms with van der Waals surface area (Å²) in [4.78, 5) is 9.11. The molecule has 0 spiro atoms. The van der Waals surface area contributed by atoms with Gasteiger partial charge in [-0.3, -0.25) is 0 Å². The van der Waals surface area contributed by atoms with E-state index in [4.69, 9.17) is 21.0 Å². The standard InChI is InChI=1S/C34H22ClN3O/c35-34-36-32(31-26-15-5-7-19-29(26)39-33(31)37-34)22-11-8-10-21(20-22)24-16-9-18-28-30(24)25-14-4-6-17-27(25)38(28)23-12-2-1-3-13-23/h1-19,21H,20H2. The number of aromatic nitrogens is 3. The second-order valence-electron chi connectivity index (χ2n) is 9.94. The van der Waals surface area contributed by atoms with Gasteiger partial charge in [0.25, 0.3) is 0 Å². The van der Waals surface area contributed by atoms with Crippen molar-refractivity contribution >= 4 is 61.0 Å². The molecule has 0 fully saturated rings. The molecule has 186 valence electrons. The van der Waals surface area contributed by atoms with E-state index in [1.807, 2.05) is 18.2 Å². The van der Waals surface area contributed by atoms with Gasteiger partial charge in [-0.2, -0.15) is 4.98 Å². The molecule has 1 aliphatic carbocycles. The van der Waals surface area contributed by atoms with Crippen molar-refractivity contribution in [2.75, 3.05) is 0 Å². The first-order chi connectivity index (χ1) is 19.3. The highest BCUT2D eigenvalue weighted by Gasteiger charge is 2.24. The SMILES string of the molecule is Clc1nc(C2=CC=CC(c3cccc4c3c3ccccc3n4-c3ccccc3)C2)c2c(n1)oc1ccccc12. The molecule has 1 unspecified atom stereocenters. The number of nitrogens with zero attached hydrogens (tertiary/aromatic N) is 3. The Kier molecular flexibility index (Phi) is 4.97. The van der Waals surface area contributed by atoms with Crippen molar-refractivity contribution in [3.63, 3.8) is 0 Å². The molecular weight excluding hydrogens is 502 g/mol. The van der Waals surface area contributed by atoms with Crippen molar-refractivity contribution in [1.29, 1.82) is 0 Å². The molecule has 8 rings (SSSR count). The van der Waals surface area contributed by atoms with Gasteiger partial charge in [0.2, 0.25) is 11.0 Å². The number of allylic oxidation sites excluding steroid dienone is 4. The van der Waals surface area contributed by atoms with E-state index in [1.54, 1.807) is 0 Å². The van der Waals surface area contributed by atoms with E-state index in [0.29, 0.717) is 5.71 Å². The number of para-hydroxylation sites is 3. The highest BCUT2D eigenvalue weighted by molar-refractivity contribution is 6.29. The fourth-order valence-electron chi connectivity index (χ4n) is 6.11. The van der Waals surface area contributed by atoms with Crippen LogP contribution in [0.5, 0.6) is 0 Å². The van der Waals surface area contributed by atoms with E-state index in [-0.39, 0.29) is 11.2 Å². The predicted molar refractivity (Wildman–Crippen MR) is 160 cm³/mol. The van der Waals surface area contributed by atoms with E-state index in [1.165, 1.54) is 27.4 Å². The minimum atomic E-state index is 0.172. The molecule has 1 atom stereocenters. The summed E-state index contributed by atoms with van der Waals surface area (Å²) in [6.07, 6.45) is 7.37. The van der Waals surface area contributed by atoms with E-state index >= 15 is 0 Å². The van der Waals surface area contributed by atoms with Crippen LogP contribution in [-0.2, 0) is 0 Å². The molecule has 39 heavy (non-hydrogen) atoms. The van der Waals surface area contributed by atoms with Crippen molar-refractivity contribution < 1.29 is 4.42 Å². The average molecular weight is 524 g/mol. The molecule has 7 aromatic rings. The number of rotatable bonds is 3. The smallest absolute Gasteiger partial charge is 0.232 e. The third-order valence-corrected chi connectivity index (χ3v) is 7.91. The van der Waals surface area contributed by atoms with Crippen LogP contribution >= 0.6 is 11.6 Å². The molecule has 0 N–H and O–H groups in total. The average Bonchev–Trinajstić information content (AvgIpc) is 3.53. The number of hydrogen-bond donors (Lipinski definition) is 0. The molecule has 3 aromatic heterocycles. The molecule has 0 amide bonds. The lowest BCUT2D eigenvalue weighted by molar-refractivity contribution is 0.652. The zero-order valence-corrected chi connectivity index (χ0v) is 21.6. The maximum absolute atomic E-state index is 6.40. The maximum atomic E-state index is 6.40. The third-order valence-electron chi connectivity index (χ3n) is 7.74. The van der Waals surface area contributed by atoms with Gasteiger partial charge in [0, 0.05) is 27.8 Å². The van der Waals surface area contributed by atoms with Gasteiger partial charge >= 0.3 is 0 Å². The summed E-state index contributed by atoms with van der Waals surface area (Å²) < 4.78 is 8.41. The van der Waals surface area contributed by atoms with E-state index in [0.717, 1.165) is 39.7 Å². The fraction of sp³-hybridized carbons (Fsp3) is 0.0588. The van der Waals surface area contributed by atoms with Gasteiger partial charge in [-0.1, -0.05) is 85.0 Å². The molecule has 0 saturated heterocycles. The fourth-order valence-corrected chi connectivity index (χ4v) is 6.27. The van der Waals surface area contributed by atoms with Crippen LogP contribution in [0, 0.1) is 0 Å². The summed E-state index contributed by atoms with van der Waals surface area (Å²) in [5.41, 5.74) is 8.13. The molecule has 3 heterocycles. The van der Waals surface area contributed by atoms with E-state index < -0.39 is 0 Å². The van der Waals surface area contributed by atoms with Gasteiger partial charge in [0.1, 0.15) is 5.58 Å². The molecule has 0 saturated carbocycles. The van der Waals surface area contributed by atoms with Gasteiger partial charge in [-0.05, 0) is 59.5 Å².